The Morgan fingerprint density at radius 3 is 3.18 bits per heavy atom. The molecule has 1 aromatic carbocycles. The van der Waals surface area contributed by atoms with Crippen LogP contribution in [0.25, 0.3) is 0 Å². The largest absolute Gasteiger partial charge is 0.484 e. The second-order valence-corrected chi connectivity index (χ2v) is 6.67. The Morgan fingerprint density at radius 1 is 1.50 bits per heavy atom. The Labute approximate surface area is 140 Å². The number of carbonyl (C=O) groups is 1. The van der Waals surface area contributed by atoms with Crippen molar-refractivity contribution in [3.63, 3.8) is 0 Å². The van der Waals surface area contributed by atoms with Gasteiger partial charge in [-0.2, -0.15) is 0 Å². The molecule has 0 bridgehead atoms. The molecular formula is C14H14BrN3O3S. The minimum atomic E-state index is -0.269. The standard InChI is InChI=1S/C14H14BrN3O3S/c15-9-3-1-4-10(7-9)21-8-12(19)16-14-18-17-13(22-14)11-5-2-6-20-11/h1,3-4,7,11H,2,5-6,8H2,(H,16,18,19). The van der Waals surface area contributed by atoms with Crippen molar-refractivity contribution in [2.24, 2.45) is 0 Å². The van der Waals surface area contributed by atoms with Crippen molar-refractivity contribution in [3.05, 3.63) is 33.7 Å². The van der Waals surface area contributed by atoms with Gasteiger partial charge in [0.25, 0.3) is 5.91 Å². The molecule has 0 radical (unpaired) electrons. The number of ether oxygens (including phenoxy) is 2. The molecule has 2 aromatic rings. The number of benzene rings is 1. The summed E-state index contributed by atoms with van der Waals surface area (Å²) in [6.45, 7) is 0.678. The molecule has 1 aliphatic rings. The van der Waals surface area contributed by atoms with Crippen molar-refractivity contribution >= 4 is 38.3 Å². The Morgan fingerprint density at radius 2 is 2.41 bits per heavy atom. The molecular weight excluding hydrogens is 370 g/mol. The van der Waals surface area contributed by atoms with Crippen molar-refractivity contribution in [2.75, 3.05) is 18.5 Å². The second kappa shape index (κ2) is 7.17. The van der Waals surface area contributed by atoms with Crippen LogP contribution in [0.5, 0.6) is 5.75 Å². The maximum absolute atomic E-state index is 11.9. The lowest BCUT2D eigenvalue weighted by atomic mass is 10.2. The van der Waals surface area contributed by atoms with Gasteiger partial charge in [0.2, 0.25) is 5.13 Å². The maximum Gasteiger partial charge on any atom is 0.264 e. The number of nitrogens with one attached hydrogen (secondary N) is 1. The molecule has 1 aromatic heterocycles. The van der Waals surface area contributed by atoms with Crippen LogP contribution < -0.4 is 10.1 Å². The Balaban J connectivity index is 1.51. The molecule has 3 rings (SSSR count). The fourth-order valence-electron chi connectivity index (χ4n) is 2.05. The lowest BCUT2D eigenvalue weighted by Gasteiger charge is -2.05. The van der Waals surface area contributed by atoms with Crippen LogP contribution in [-0.2, 0) is 9.53 Å². The summed E-state index contributed by atoms with van der Waals surface area (Å²) in [6, 6.07) is 7.32. The van der Waals surface area contributed by atoms with Crippen molar-refractivity contribution in [2.45, 2.75) is 18.9 Å². The van der Waals surface area contributed by atoms with E-state index in [2.05, 4.69) is 31.4 Å². The van der Waals surface area contributed by atoms with Crippen molar-refractivity contribution in [1.82, 2.24) is 10.2 Å². The predicted molar refractivity (Wildman–Crippen MR) is 86.1 cm³/mol. The van der Waals surface area contributed by atoms with Gasteiger partial charge >= 0.3 is 0 Å². The molecule has 0 spiro atoms. The number of rotatable bonds is 5. The van der Waals surface area contributed by atoms with E-state index in [4.69, 9.17) is 9.47 Å². The Bertz CT molecular complexity index is 658. The third kappa shape index (κ3) is 4.02. The summed E-state index contributed by atoms with van der Waals surface area (Å²) in [5.41, 5.74) is 0. The maximum atomic E-state index is 11.9. The molecule has 1 aliphatic heterocycles. The van der Waals surface area contributed by atoms with Gasteiger partial charge in [-0.25, -0.2) is 0 Å². The molecule has 6 nitrogen and oxygen atoms in total. The van der Waals surface area contributed by atoms with Crippen LogP contribution >= 0.6 is 27.3 Å². The molecule has 2 heterocycles. The topological polar surface area (TPSA) is 73.3 Å². The molecule has 1 saturated heterocycles. The van der Waals surface area contributed by atoms with Crippen LogP contribution in [0.2, 0.25) is 0 Å². The van der Waals surface area contributed by atoms with Gasteiger partial charge in [0.05, 0.1) is 0 Å². The first-order chi connectivity index (χ1) is 10.7. The van der Waals surface area contributed by atoms with Gasteiger partial charge in [0.15, 0.2) is 6.61 Å². The van der Waals surface area contributed by atoms with Crippen molar-refractivity contribution < 1.29 is 14.3 Å². The minimum Gasteiger partial charge on any atom is -0.484 e. The van der Waals surface area contributed by atoms with Gasteiger partial charge in [0, 0.05) is 11.1 Å². The lowest BCUT2D eigenvalue weighted by molar-refractivity contribution is -0.118. The molecule has 1 fully saturated rings. The lowest BCUT2D eigenvalue weighted by Crippen LogP contribution is -2.20. The molecule has 8 heteroatoms. The van der Waals surface area contributed by atoms with Crippen molar-refractivity contribution in [3.8, 4) is 5.75 Å². The number of hydrogen-bond donors (Lipinski definition) is 1. The van der Waals surface area contributed by atoms with Crippen molar-refractivity contribution in [1.29, 1.82) is 0 Å². The zero-order valence-corrected chi connectivity index (χ0v) is 14.0. The van der Waals surface area contributed by atoms with Crippen LogP contribution in [0.3, 0.4) is 0 Å². The van der Waals surface area contributed by atoms with E-state index < -0.39 is 0 Å². The highest BCUT2D eigenvalue weighted by molar-refractivity contribution is 9.10. The average Bonchev–Trinajstić information content (AvgIpc) is 3.16. The smallest absolute Gasteiger partial charge is 0.264 e. The van der Waals surface area contributed by atoms with E-state index in [0.29, 0.717) is 10.9 Å². The molecule has 1 unspecified atom stereocenters. The van der Waals surface area contributed by atoms with Crippen LogP contribution in [0.4, 0.5) is 5.13 Å². The highest BCUT2D eigenvalue weighted by atomic mass is 79.9. The van der Waals surface area contributed by atoms with E-state index in [1.165, 1.54) is 11.3 Å². The fraction of sp³-hybridized carbons (Fsp3) is 0.357. The first-order valence-electron chi connectivity index (χ1n) is 6.84. The third-order valence-corrected chi connectivity index (χ3v) is 4.48. The van der Waals surface area contributed by atoms with E-state index in [9.17, 15) is 4.79 Å². The zero-order chi connectivity index (χ0) is 15.4. The van der Waals surface area contributed by atoms with Crippen LogP contribution in [0.15, 0.2) is 28.7 Å². The van der Waals surface area contributed by atoms with Gasteiger partial charge in [-0.3, -0.25) is 10.1 Å². The summed E-state index contributed by atoms with van der Waals surface area (Å²) >= 11 is 4.69. The fourth-order valence-corrected chi connectivity index (χ4v) is 3.27. The summed E-state index contributed by atoms with van der Waals surface area (Å²) < 4.78 is 11.9. The zero-order valence-electron chi connectivity index (χ0n) is 11.6. The predicted octanol–water partition coefficient (Wildman–Crippen LogP) is 3.17. The monoisotopic (exact) mass is 383 g/mol. The SMILES string of the molecule is O=C(COc1cccc(Br)c1)Nc1nnc(C2CCCO2)s1. The molecule has 1 amide bonds. The van der Waals surface area contributed by atoms with Gasteiger partial charge in [-0.1, -0.05) is 33.3 Å². The van der Waals surface area contributed by atoms with E-state index in [1.807, 2.05) is 12.1 Å². The van der Waals surface area contributed by atoms with Gasteiger partial charge in [-0.15, -0.1) is 10.2 Å². The number of hydrogen-bond acceptors (Lipinski definition) is 6. The van der Waals surface area contributed by atoms with Gasteiger partial charge in [0.1, 0.15) is 16.9 Å². The second-order valence-electron chi connectivity index (χ2n) is 4.74. The summed E-state index contributed by atoms with van der Waals surface area (Å²) in [5, 5.41) is 12.0. The Kier molecular flexibility index (Phi) is 5.01. The van der Waals surface area contributed by atoms with Gasteiger partial charge < -0.3 is 9.47 Å². The Hall–Kier alpha value is -1.51. The average molecular weight is 384 g/mol. The normalized spacial score (nSPS) is 17.4. The van der Waals surface area contributed by atoms with Crippen LogP contribution in [0, 0.1) is 0 Å². The van der Waals surface area contributed by atoms with Crippen LogP contribution in [0.1, 0.15) is 24.0 Å². The highest BCUT2D eigenvalue weighted by Gasteiger charge is 2.22. The number of nitrogens with zero attached hydrogens (tertiary/aromatic N) is 2. The first-order valence-corrected chi connectivity index (χ1v) is 8.45. The number of aromatic nitrogens is 2. The molecule has 0 aliphatic carbocycles. The number of carbonyl (C=O) groups excluding carboxylic acids is 1. The molecule has 22 heavy (non-hydrogen) atoms. The molecule has 1 atom stereocenters. The summed E-state index contributed by atoms with van der Waals surface area (Å²) in [7, 11) is 0. The van der Waals surface area contributed by atoms with E-state index in [1.54, 1.807) is 12.1 Å². The van der Waals surface area contributed by atoms with E-state index >= 15 is 0 Å². The first kappa shape index (κ1) is 15.4. The molecule has 0 saturated carbocycles. The van der Waals surface area contributed by atoms with E-state index in [0.717, 1.165) is 28.9 Å². The number of amides is 1. The van der Waals surface area contributed by atoms with Crippen LogP contribution in [-0.4, -0.2) is 29.3 Å². The number of anilines is 1. The quantitative estimate of drug-likeness (QED) is 0.857. The summed E-state index contributed by atoms with van der Waals surface area (Å²) in [5.74, 6) is 0.358. The van der Waals surface area contributed by atoms with E-state index in [-0.39, 0.29) is 18.6 Å². The molecule has 1 N–H and O–H groups in total. The minimum absolute atomic E-state index is 0.0149. The molecule has 116 valence electrons. The number of halogens is 1. The third-order valence-electron chi connectivity index (χ3n) is 3.06. The summed E-state index contributed by atoms with van der Waals surface area (Å²) in [6.07, 6.45) is 2.00. The highest BCUT2D eigenvalue weighted by Crippen LogP contribution is 2.31. The van der Waals surface area contributed by atoms with Gasteiger partial charge in [-0.05, 0) is 31.0 Å². The summed E-state index contributed by atoms with van der Waals surface area (Å²) in [4.78, 5) is 11.9.